The third kappa shape index (κ3) is 6.60. The van der Waals surface area contributed by atoms with Gasteiger partial charge in [-0.3, -0.25) is 14.4 Å². The molecular weight excluding hydrogens is 473 g/mol. The number of benzene rings is 2. The second-order valence-corrected chi connectivity index (χ2v) is 9.77. The molecule has 0 unspecified atom stereocenters. The van der Waals surface area contributed by atoms with E-state index in [-0.39, 0.29) is 42.2 Å². The predicted molar refractivity (Wildman–Crippen MR) is 130 cm³/mol. The normalized spacial score (nSPS) is 19.7. The van der Waals surface area contributed by atoms with Crippen LogP contribution in [0.5, 0.6) is 5.75 Å². The van der Waals surface area contributed by atoms with E-state index in [1.54, 1.807) is 18.2 Å². The van der Waals surface area contributed by atoms with Crippen LogP contribution in [0, 0.1) is 11.7 Å². The van der Waals surface area contributed by atoms with E-state index in [0.717, 1.165) is 18.4 Å². The average Bonchev–Trinajstić information content (AvgIpc) is 3.67. The summed E-state index contributed by atoms with van der Waals surface area (Å²) in [4.78, 5) is 35.9. The first kappa shape index (κ1) is 25.2. The van der Waals surface area contributed by atoms with Crippen LogP contribution < -0.4 is 10.1 Å². The molecule has 2 aromatic carbocycles. The number of amides is 1. The second-order valence-electron chi connectivity index (χ2n) is 9.36. The number of hydrogen-bond acceptors (Lipinski definition) is 4. The number of hydrogen-bond donors (Lipinski definition) is 2. The van der Waals surface area contributed by atoms with Crippen molar-refractivity contribution in [1.29, 1.82) is 0 Å². The summed E-state index contributed by atoms with van der Waals surface area (Å²) in [5.74, 6) is -1.55. The maximum Gasteiger partial charge on any atom is 0.306 e. The molecule has 0 aromatic heterocycles. The molecule has 0 radical (unpaired) electrons. The van der Waals surface area contributed by atoms with E-state index in [9.17, 15) is 18.8 Å². The Morgan fingerprint density at radius 1 is 1.03 bits per heavy atom. The molecule has 8 heteroatoms. The summed E-state index contributed by atoms with van der Waals surface area (Å²) < 4.78 is 20.3. The first-order valence-corrected chi connectivity index (χ1v) is 12.5. The highest BCUT2D eigenvalue weighted by molar-refractivity contribution is 6.31. The maximum atomic E-state index is 14.6. The van der Waals surface area contributed by atoms with Crippen molar-refractivity contribution in [2.45, 2.75) is 63.4 Å². The number of ether oxygens (including phenoxy) is 1. The zero-order valence-corrected chi connectivity index (χ0v) is 20.2. The lowest BCUT2D eigenvalue weighted by atomic mass is 9.87. The second kappa shape index (κ2) is 11.2. The fourth-order valence-corrected chi connectivity index (χ4v) is 4.83. The van der Waals surface area contributed by atoms with Crippen LogP contribution in [0.3, 0.4) is 0 Å². The Bertz CT molecular complexity index is 1110. The summed E-state index contributed by atoms with van der Waals surface area (Å²) in [6.07, 6.45) is 4.85. The molecule has 35 heavy (non-hydrogen) atoms. The van der Waals surface area contributed by atoms with Crippen molar-refractivity contribution in [2.75, 3.05) is 6.54 Å². The van der Waals surface area contributed by atoms with Crippen molar-refractivity contribution in [3.05, 3.63) is 63.9 Å². The summed E-state index contributed by atoms with van der Waals surface area (Å²) >= 11 is 6.29. The van der Waals surface area contributed by atoms with Gasteiger partial charge < -0.3 is 15.2 Å². The third-order valence-corrected chi connectivity index (χ3v) is 7.04. The molecule has 0 aliphatic heterocycles. The van der Waals surface area contributed by atoms with Gasteiger partial charge in [0.15, 0.2) is 5.78 Å². The number of aliphatic carboxylic acids is 1. The zero-order valence-electron chi connectivity index (χ0n) is 19.4. The number of carbonyl (C=O) groups is 3. The molecule has 0 spiro atoms. The van der Waals surface area contributed by atoms with Gasteiger partial charge in [0.2, 0.25) is 0 Å². The van der Waals surface area contributed by atoms with Crippen LogP contribution in [-0.2, 0) is 4.79 Å². The van der Waals surface area contributed by atoms with E-state index in [2.05, 4.69) is 5.32 Å². The van der Waals surface area contributed by atoms with Crippen molar-refractivity contribution in [3.8, 4) is 5.75 Å². The SMILES string of the molecule is O=C(NCCCC(=O)c1ccc(OC2CCC(C(=O)O)CC2)cc1F)c1ccc(C2CC2)c(Cl)c1. The number of nitrogens with one attached hydrogen (secondary N) is 1. The summed E-state index contributed by atoms with van der Waals surface area (Å²) in [7, 11) is 0. The fraction of sp³-hybridized carbons (Fsp3) is 0.444. The van der Waals surface area contributed by atoms with Gasteiger partial charge in [-0.2, -0.15) is 0 Å². The monoisotopic (exact) mass is 501 g/mol. The Labute approximate surface area is 208 Å². The lowest BCUT2D eigenvalue weighted by molar-refractivity contribution is -0.143. The Morgan fingerprint density at radius 2 is 1.77 bits per heavy atom. The Balaban J connectivity index is 1.21. The van der Waals surface area contributed by atoms with Crippen LogP contribution in [0.4, 0.5) is 4.39 Å². The molecule has 4 rings (SSSR count). The van der Waals surface area contributed by atoms with Crippen LogP contribution in [0.2, 0.25) is 5.02 Å². The molecule has 6 nitrogen and oxygen atoms in total. The Hall–Kier alpha value is -2.93. The van der Waals surface area contributed by atoms with E-state index in [0.29, 0.717) is 54.4 Å². The maximum absolute atomic E-state index is 14.6. The average molecular weight is 502 g/mol. The summed E-state index contributed by atoms with van der Waals surface area (Å²) in [6.45, 7) is 0.286. The van der Waals surface area contributed by atoms with Gasteiger partial charge in [0.05, 0.1) is 17.6 Å². The summed E-state index contributed by atoms with van der Waals surface area (Å²) in [5.41, 5.74) is 1.54. The highest BCUT2D eigenvalue weighted by Crippen LogP contribution is 2.43. The lowest BCUT2D eigenvalue weighted by Crippen LogP contribution is -2.27. The molecule has 0 atom stereocenters. The van der Waals surface area contributed by atoms with Gasteiger partial charge in [-0.1, -0.05) is 17.7 Å². The highest BCUT2D eigenvalue weighted by Gasteiger charge is 2.27. The van der Waals surface area contributed by atoms with Crippen LogP contribution in [0.15, 0.2) is 36.4 Å². The molecular formula is C27H29ClFNO5. The highest BCUT2D eigenvalue weighted by atomic mass is 35.5. The van der Waals surface area contributed by atoms with Crippen molar-refractivity contribution in [1.82, 2.24) is 5.32 Å². The minimum absolute atomic E-state index is 0.0132. The molecule has 2 fully saturated rings. The summed E-state index contributed by atoms with van der Waals surface area (Å²) in [5, 5.41) is 12.5. The van der Waals surface area contributed by atoms with Gasteiger partial charge >= 0.3 is 5.97 Å². The molecule has 2 N–H and O–H groups in total. The quantitative estimate of drug-likeness (QED) is 0.318. The Kier molecular flexibility index (Phi) is 8.06. The van der Waals surface area contributed by atoms with Crippen LogP contribution >= 0.6 is 11.6 Å². The van der Waals surface area contributed by atoms with Crippen molar-refractivity contribution in [2.24, 2.45) is 5.92 Å². The van der Waals surface area contributed by atoms with E-state index in [1.807, 2.05) is 6.07 Å². The van der Waals surface area contributed by atoms with Gasteiger partial charge in [0.1, 0.15) is 11.6 Å². The minimum Gasteiger partial charge on any atom is -0.490 e. The molecule has 2 aliphatic rings. The number of halogens is 2. The Morgan fingerprint density at radius 3 is 2.40 bits per heavy atom. The van der Waals surface area contributed by atoms with Crippen molar-refractivity contribution < 1.29 is 28.6 Å². The zero-order chi connectivity index (χ0) is 24.9. The smallest absolute Gasteiger partial charge is 0.306 e. The van der Waals surface area contributed by atoms with Crippen molar-refractivity contribution >= 4 is 29.3 Å². The van der Waals surface area contributed by atoms with Crippen molar-refractivity contribution in [3.63, 3.8) is 0 Å². The molecule has 0 saturated heterocycles. The first-order chi connectivity index (χ1) is 16.8. The number of ketones is 1. The number of carboxylic acid groups (broad SMARTS) is 1. The van der Waals surface area contributed by atoms with Crippen LogP contribution in [0.1, 0.15) is 83.6 Å². The summed E-state index contributed by atoms with van der Waals surface area (Å²) in [6, 6.07) is 9.51. The molecule has 2 saturated carbocycles. The minimum atomic E-state index is -0.788. The molecule has 1 amide bonds. The first-order valence-electron chi connectivity index (χ1n) is 12.1. The molecule has 0 bridgehead atoms. The van der Waals surface area contributed by atoms with Crippen LogP contribution in [-0.4, -0.2) is 35.4 Å². The van der Waals surface area contributed by atoms with E-state index in [1.165, 1.54) is 12.1 Å². The fourth-order valence-electron chi connectivity index (χ4n) is 4.50. The van der Waals surface area contributed by atoms with E-state index in [4.69, 9.17) is 21.4 Å². The number of Topliss-reactive ketones (excluding diaryl/α,β-unsaturated/α-hetero) is 1. The standard InChI is InChI=1S/C27H29ClFNO5/c28-23-14-18(7-11-21(23)16-3-4-16)26(32)30-13-1-2-25(31)22-12-10-20(15-24(22)29)35-19-8-5-17(6-9-19)27(33)34/h7,10-12,14-17,19H,1-6,8-9,13H2,(H,30,32)(H,33,34). The van der Waals surface area contributed by atoms with Gasteiger partial charge in [-0.15, -0.1) is 0 Å². The molecule has 186 valence electrons. The molecule has 2 aromatic rings. The lowest BCUT2D eigenvalue weighted by Gasteiger charge is -2.26. The number of rotatable bonds is 10. The number of carbonyl (C=O) groups excluding carboxylic acids is 2. The predicted octanol–water partition coefficient (Wildman–Crippen LogP) is 5.77. The molecule has 2 aliphatic carbocycles. The van der Waals surface area contributed by atoms with E-state index < -0.39 is 11.8 Å². The largest absolute Gasteiger partial charge is 0.490 e. The molecule has 0 heterocycles. The number of carboxylic acids is 1. The van der Waals surface area contributed by atoms with Gasteiger partial charge in [-0.05, 0) is 80.7 Å². The topological polar surface area (TPSA) is 92.7 Å². The van der Waals surface area contributed by atoms with Crippen LogP contribution in [0.25, 0.3) is 0 Å². The van der Waals surface area contributed by atoms with Gasteiger partial charge in [0, 0.05) is 29.6 Å². The van der Waals surface area contributed by atoms with Gasteiger partial charge in [0.25, 0.3) is 5.91 Å². The van der Waals surface area contributed by atoms with E-state index >= 15 is 0 Å². The third-order valence-electron chi connectivity index (χ3n) is 6.71. The van der Waals surface area contributed by atoms with Gasteiger partial charge in [-0.25, -0.2) is 4.39 Å².